The average molecular weight is 262 g/mol. The third kappa shape index (κ3) is 6.39. The van der Waals surface area contributed by atoms with E-state index < -0.39 is 0 Å². The molecular formula is C16H26N2O. The second-order valence-corrected chi connectivity index (χ2v) is 5.09. The van der Waals surface area contributed by atoms with E-state index in [1.54, 1.807) is 0 Å². The van der Waals surface area contributed by atoms with E-state index in [4.69, 9.17) is 0 Å². The fourth-order valence-corrected chi connectivity index (χ4v) is 1.83. The minimum absolute atomic E-state index is 0.174. The molecule has 0 aliphatic rings. The smallest absolute Gasteiger partial charge is 0.236 e. The molecule has 0 heterocycles. The molecule has 1 N–H and O–H groups in total. The molecule has 0 spiro atoms. The van der Waals surface area contributed by atoms with Crippen LogP contribution in [0.25, 0.3) is 0 Å². The van der Waals surface area contributed by atoms with Crippen molar-refractivity contribution < 1.29 is 4.79 Å². The maximum absolute atomic E-state index is 11.9. The van der Waals surface area contributed by atoms with Crippen molar-refractivity contribution in [3.63, 3.8) is 0 Å². The van der Waals surface area contributed by atoms with E-state index in [1.165, 1.54) is 5.56 Å². The van der Waals surface area contributed by atoms with Gasteiger partial charge in [-0.15, -0.1) is 0 Å². The molecule has 0 saturated heterocycles. The molecule has 3 heteroatoms. The number of nitrogens with one attached hydrogen (secondary N) is 1. The first-order valence-electron chi connectivity index (χ1n) is 7.14. The maximum atomic E-state index is 11.9. The highest BCUT2D eigenvalue weighted by atomic mass is 16.2. The van der Waals surface area contributed by atoms with Crippen LogP contribution in [0.2, 0.25) is 0 Å². The zero-order chi connectivity index (χ0) is 14.1. The predicted molar refractivity (Wildman–Crippen MR) is 80.2 cm³/mol. The summed E-state index contributed by atoms with van der Waals surface area (Å²) in [6.07, 6.45) is 3.08. The monoisotopic (exact) mass is 262 g/mol. The van der Waals surface area contributed by atoms with Crippen LogP contribution in [-0.2, 0) is 11.2 Å². The summed E-state index contributed by atoms with van der Waals surface area (Å²) >= 11 is 0. The minimum atomic E-state index is 0.174. The van der Waals surface area contributed by atoms with Gasteiger partial charge in [-0.2, -0.15) is 0 Å². The lowest BCUT2D eigenvalue weighted by Gasteiger charge is -2.19. The Morgan fingerprint density at radius 1 is 1.32 bits per heavy atom. The summed E-state index contributed by atoms with van der Waals surface area (Å²) in [5.41, 5.74) is 1.33. The second kappa shape index (κ2) is 8.70. The lowest BCUT2D eigenvalue weighted by Crippen LogP contribution is -2.39. The van der Waals surface area contributed by atoms with Crippen molar-refractivity contribution in [2.24, 2.45) is 0 Å². The Kier molecular flexibility index (Phi) is 7.19. The van der Waals surface area contributed by atoms with Gasteiger partial charge in [-0.3, -0.25) is 4.79 Å². The molecule has 0 fully saturated rings. The van der Waals surface area contributed by atoms with E-state index in [9.17, 15) is 4.79 Å². The predicted octanol–water partition coefficient (Wildman–Crippen LogP) is 2.47. The highest BCUT2D eigenvalue weighted by Crippen LogP contribution is 2.03. The molecule has 1 aromatic carbocycles. The van der Waals surface area contributed by atoms with E-state index in [0.29, 0.717) is 12.6 Å². The Morgan fingerprint density at radius 3 is 2.63 bits per heavy atom. The number of benzene rings is 1. The largest absolute Gasteiger partial charge is 0.345 e. The van der Waals surface area contributed by atoms with E-state index in [1.807, 2.05) is 18.0 Å². The van der Waals surface area contributed by atoms with Gasteiger partial charge in [0.2, 0.25) is 5.91 Å². The van der Waals surface area contributed by atoms with Gasteiger partial charge in [-0.1, -0.05) is 37.3 Å². The highest BCUT2D eigenvalue weighted by Gasteiger charge is 2.09. The van der Waals surface area contributed by atoms with Gasteiger partial charge < -0.3 is 10.2 Å². The Morgan fingerprint density at radius 2 is 2.00 bits per heavy atom. The van der Waals surface area contributed by atoms with Crippen molar-refractivity contribution in [2.75, 3.05) is 20.1 Å². The molecule has 0 bridgehead atoms. The third-order valence-electron chi connectivity index (χ3n) is 3.44. The van der Waals surface area contributed by atoms with Gasteiger partial charge in [0.1, 0.15) is 0 Å². The standard InChI is InChI=1S/C16H26N2O/c1-4-14(2)17-13-16(19)18(3)12-8-11-15-9-6-5-7-10-15/h5-7,9-10,14,17H,4,8,11-13H2,1-3H3. The van der Waals surface area contributed by atoms with E-state index in [-0.39, 0.29) is 5.91 Å². The summed E-state index contributed by atoms with van der Waals surface area (Å²) in [5.74, 6) is 0.174. The highest BCUT2D eigenvalue weighted by molar-refractivity contribution is 5.77. The molecule has 1 rings (SSSR count). The number of nitrogens with zero attached hydrogens (tertiary/aromatic N) is 1. The van der Waals surface area contributed by atoms with Crippen molar-refractivity contribution in [3.8, 4) is 0 Å². The number of amides is 1. The van der Waals surface area contributed by atoms with Crippen molar-refractivity contribution in [1.82, 2.24) is 10.2 Å². The molecule has 0 radical (unpaired) electrons. The molecule has 1 atom stereocenters. The number of likely N-dealkylation sites (N-methyl/N-ethyl adjacent to an activating group) is 1. The van der Waals surface area contributed by atoms with Crippen molar-refractivity contribution >= 4 is 5.91 Å². The number of hydrogen-bond donors (Lipinski definition) is 1. The molecule has 0 saturated carbocycles. The van der Waals surface area contributed by atoms with Crippen LogP contribution in [-0.4, -0.2) is 37.0 Å². The van der Waals surface area contributed by atoms with Crippen LogP contribution in [0.4, 0.5) is 0 Å². The zero-order valence-corrected chi connectivity index (χ0v) is 12.4. The molecule has 1 unspecified atom stereocenters. The van der Waals surface area contributed by atoms with Gasteiger partial charge in [0.05, 0.1) is 6.54 Å². The second-order valence-electron chi connectivity index (χ2n) is 5.09. The Bertz CT molecular complexity index is 364. The molecular weight excluding hydrogens is 236 g/mol. The molecule has 3 nitrogen and oxygen atoms in total. The molecule has 19 heavy (non-hydrogen) atoms. The van der Waals surface area contributed by atoms with Crippen molar-refractivity contribution in [1.29, 1.82) is 0 Å². The first kappa shape index (κ1) is 15.7. The molecule has 106 valence electrons. The molecule has 0 aromatic heterocycles. The lowest BCUT2D eigenvalue weighted by molar-refractivity contribution is -0.129. The normalized spacial score (nSPS) is 12.2. The number of rotatable bonds is 8. The fraction of sp³-hybridized carbons (Fsp3) is 0.562. The molecule has 1 amide bonds. The van der Waals surface area contributed by atoms with Crippen LogP contribution >= 0.6 is 0 Å². The summed E-state index contributed by atoms with van der Waals surface area (Å²) in [6, 6.07) is 10.8. The van der Waals surface area contributed by atoms with Gasteiger partial charge in [0, 0.05) is 19.6 Å². The van der Waals surface area contributed by atoms with Crippen LogP contribution in [0, 0.1) is 0 Å². The Hall–Kier alpha value is -1.35. The summed E-state index contributed by atoms with van der Waals surface area (Å²) in [6.45, 7) is 5.47. The summed E-state index contributed by atoms with van der Waals surface area (Å²) in [7, 11) is 1.88. The van der Waals surface area contributed by atoms with E-state index >= 15 is 0 Å². The number of carbonyl (C=O) groups is 1. The topological polar surface area (TPSA) is 32.3 Å². The summed E-state index contributed by atoms with van der Waals surface area (Å²) in [5, 5.41) is 3.23. The minimum Gasteiger partial charge on any atom is -0.345 e. The van der Waals surface area contributed by atoms with E-state index in [0.717, 1.165) is 25.8 Å². The molecule has 1 aromatic rings. The van der Waals surface area contributed by atoms with Crippen molar-refractivity contribution in [2.45, 2.75) is 39.2 Å². The van der Waals surface area contributed by atoms with Crippen LogP contribution in [0.5, 0.6) is 0 Å². The number of carbonyl (C=O) groups excluding carboxylic acids is 1. The molecule has 0 aliphatic carbocycles. The Balaban J connectivity index is 2.19. The molecule has 0 aliphatic heterocycles. The zero-order valence-electron chi connectivity index (χ0n) is 12.4. The van der Waals surface area contributed by atoms with Gasteiger partial charge >= 0.3 is 0 Å². The Labute approximate surface area is 117 Å². The average Bonchev–Trinajstić information content (AvgIpc) is 2.45. The van der Waals surface area contributed by atoms with Gasteiger partial charge in [-0.25, -0.2) is 0 Å². The SMILES string of the molecule is CCC(C)NCC(=O)N(C)CCCc1ccccc1. The third-order valence-corrected chi connectivity index (χ3v) is 3.44. The summed E-state index contributed by atoms with van der Waals surface area (Å²) in [4.78, 5) is 13.7. The summed E-state index contributed by atoms with van der Waals surface area (Å²) < 4.78 is 0. The fourth-order valence-electron chi connectivity index (χ4n) is 1.83. The van der Waals surface area contributed by atoms with Crippen LogP contribution in [0.3, 0.4) is 0 Å². The van der Waals surface area contributed by atoms with Crippen LogP contribution in [0.15, 0.2) is 30.3 Å². The number of aryl methyl sites for hydroxylation is 1. The van der Waals surface area contributed by atoms with Gasteiger partial charge in [-0.05, 0) is 31.7 Å². The van der Waals surface area contributed by atoms with Crippen molar-refractivity contribution in [3.05, 3.63) is 35.9 Å². The van der Waals surface area contributed by atoms with Crippen LogP contribution < -0.4 is 5.32 Å². The van der Waals surface area contributed by atoms with Gasteiger partial charge in [0.25, 0.3) is 0 Å². The maximum Gasteiger partial charge on any atom is 0.236 e. The first-order chi connectivity index (χ1) is 9.13. The number of hydrogen-bond acceptors (Lipinski definition) is 2. The van der Waals surface area contributed by atoms with Crippen LogP contribution in [0.1, 0.15) is 32.3 Å². The lowest BCUT2D eigenvalue weighted by atomic mass is 10.1. The quantitative estimate of drug-likeness (QED) is 0.780. The van der Waals surface area contributed by atoms with Gasteiger partial charge in [0.15, 0.2) is 0 Å². The first-order valence-corrected chi connectivity index (χ1v) is 7.14. The van der Waals surface area contributed by atoms with E-state index in [2.05, 4.69) is 43.4 Å².